The lowest BCUT2D eigenvalue weighted by Crippen LogP contribution is -1.96. The zero-order valence-electron chi connectivity index (χ0n) is 9.71. The smallest absolute Gasteiger partial charge is 0.338 e. The van der Waals surface area contributed by atoms with Gasteiger partial charge < -0.3 is 4.74 Å². The van der Waals surface area contributed by atoms with E-state index in [2.05, 4.69) is 17.9 Å². The molecule has 0 spiro atoms. The van der Waals surface area contributed by atoms with Gasteiger partial charge in [0.15, 0.2) is 0 Å². The maximum Gasteiger partial charge on any atom is 0.338 e. The summed E-state index contributed by atoms with van der Waals surface area (Å²) in [5.74, 6) is -1.16. The Morgan fingerprint density at radius 1 is 1.00 bits per heavy atom. The van der Waals surface area contributed by atoms with Crippen LogP contribution >= 0.6 is 11.6 Å². The Bertz CT molecular complexity index is 420. The van der Waals surface area contributed by atoms with E-state index in [9.17, 15) is 9.59 Å². The molecule has 4 heteroatoms. The number of ether oxygens (including phenoxy) is 1. The minimum Gasteiger partial charge on any atom is -0.387 e. The first-order chi connectivity index (χ1) is 8.63. The van der Waals surface area contributed by atoms with Crippen LogP contribution in [0.2, 0.25) is 0 Å². The lowest BCUT2D eigenvalue weighted by molar-refractivity contribution is -0.150. The van der Waals surface area contributed by atoms with Crippen LogP contribution in [-0.4, -0.2) is 11.9 Å². The van der Waals surface area contributed by atoms with Crippen LogP contribution in [0.5, 0.6) is 0 Å². The van der Waals surface area contributed by atoms with Gasteiger partial charge in [-0.05, 0) is 11.1 Å². The molecule has 3 nitrogen and oxygen atoms in total. The third-order valence-electron chi connectivity index (χ3n) is 1.59. The fourth-order valence-corrected chi connectivity index (χ4v) is 0.892. The van der Waals surface area contributed by atoms with E-state index >= 15 is 0 Å². The molecular weight excluding hydrogens is 252 g/mol. The first kappa shape index (κ1) is 15.9. The molecule has 0 aromatic heterocycles. The third kappa shape index (κ3) is 8.07. The normalized spacial score (nSPS) is 11.4. The van der Waals surface area contributed by atoms with Crippen molar-refractivity contribution in [3.63, 3.8) is 0 Å². The topological polar surface area (TPSA) is 43.4 Å². The maximum atomic E-state index is 9.92. The minimum absolute atomic E-state index is 0.579. The van der Waals surface area contributed by atoms with Crippen LogP contribution in [0.25, 0.3) is 6.08 Å². The zero-order valence-corrected chi connectivity index (χ0v) is 10.5. The second-order valence-corrected chi connectivity index (χ2v) is 3.15. The number of carbonyl (C=O) groups excluding carboxylic acids is 2. The van der Waals surface area contributed by atoms with Gasteiger partial charge in [-0.3, -0.25) is 0 Å². The number of hydrogen-bond acceptors (Lipinski definition) is 3. The van der Waals surface area contributed by atoms with Crippen LogP contribution in [0.1, 0.15) is 5.56 Å². The van der Waals surface area contributed by atoms with Gasteiger partial charge in [-0.15, -0.1) is 0 Å². The van der Waals surface area contributed by atoms with Gasteiger partial charge in [0.2, 0.25) is 0 Å². The fraction of sp³-hybridized carbons (Fsp3) is 0. The first-order valence-corrected chi connectivity index (χ1v) is 5.40. The molecule has 18 heavy (non-hydrogen) atoms. The van der Waals surface area contributed by atoms with Crippen LogP contribution in [0, 0.1) is 0 Å². The molecule has 1 aromatic carbocycles. The Morgan fingerprint density at radius 2 is 1.44 bits per heavy atom. The lowest BCUT2D eigenvalue weighted by Gasteiger charge is -1.85. The lowest BCUT2D eigenvalue weighted by atomic mass is 10.2. The quantitative estimate of drug-likeness (QED) is 0.577. The fourth-order valence-electron chi connectivity index (χ4n) is 0.892. The van der Waals surface area contributed by atoms with Crippen LogP contribution < -0.4 is 0 Å². The van der Waals surface area contributed by atoms with E-state index in [4.69, 9.17) is 11.6 Å². The minimum atomic E-state index is -0.579. The second kappa shape index (κ2) is 10.1. The number of rotatable bonds is 1. The highest BCUT2D eigenvalue weighted by Crippen LogP contribution is 1.97. The highest BCUT2D eigenvalue weighted by molar-refractivity contribution is 6.25. The van der Waals surface area contributed by atoms with E-state index in [0.717, 1.165) is 12.2 Å². The summed E-state index contributed by atoms with van der Waals surface area (Å²) in [6.45, 7) is 6.76. The number of benzene rings is 1. The summed E-state index contributed by atoms with van der Waals surface area (Å²) in [7, 11) is 0. The molecule has 0 radical (unpaired) electrons. The number of carbonyl (C=O) groups is 2. The number of hydrogen-bond donors (Lipinski definition) is 0. The molecule has 2 rings (SSSR count). The summed E-state index contributed by atoms with van der Waals surface area (Å²) in [4.78, 5) is 19.8. The highest BCUT2D eigenvalue weighted by atomic mass is 35.5. The van der Waals surface area contributed by atoms with Crippen molar-refractivity contribution in [2.75, 3.05) is 0 Å². The van der Waals surface area contributed by atoms with Gasteiger partial charge in [0.1, 0.15) is 0 Å². The predicted octanol–water partition coefficient (Wildman–Crippen LogP) is 3.32. The molecule has 1 heterocycles. The Labute approximate surface area is 111 Å². The predicted molar refractivity (Wildman–Crippen MR) is 72.8 cm³/mol. The summed E-state index contributed by atoms with van der Waals surface area (Å²) in [6.07, 6.45) is 4.00. The largest absolute Gasteiger partial charge is 0.387 e. The van der Waals surface area contributed by atoms with Crippen molar-refractivity contribution in [1.82, 2.24) is 0 Å². The van der Waals surface area contributed by atoms with E-state index in [1.807, 2.05) is 36.4 Å². The van der Waals surface area contributed by atoms with E-state index in [-0.39, 0.29) is 0 Å². The van der Waals surface area contributed by atoms with Gasteiger partial charge in [-0.25, -0.2) is 9.59 Å². The number of esters is 2. The van der Waals surface area contributed by atoms with Crippen molar-refractivity contribution in [3.8, 4) is 0 Å². The summed E-state index contributed by atoms with van der Waals surface area (Å²) in [5, 5.41) is 0. The average Bonchev–Trinajstić information content (AvgIpc) is 2.76. The van der Waals surface area contributed by atoms with Gasteiger partial charge in [-0.1, -0.05) is 61.2 Å². The third-order valence-corrected chi connectivity index (χ3v) is 1.59. The Hall–Kier alpha value is -2.13. The zero-order chi connectivity index (χ0) is 13.8. The summed E-state index contributed by atoms with van der Waals surface area (Å²) in [5.41, 5.74) is 2.40. The van der Waals surface area contributed by atoms with Gasteiger partial charge in [0.05, 0.1) is 0 Å². The van der Waals surface area contributed by atoms with Gasteiger partial charge in [-0.2, -0.15) is 0 Å². The van der Waals surface area contributed by atoms with Crippen molar-refractivity contribution < 1.29 is 14.3 Å². The molecule has 1 aliphatic rings. The molecule has 0 fully saturated rings. The molecule has 0 aliphatic carbocycles. The summed E-state index contributed by atoms with van der Waals surface area (Å²) < 4.78 is 3.97. The van der Waals surface area contributed by atoms with E-state index in [1.165, 1.54) is 11.1 Å². The van der Waals surface area contributed by atoms with Crippen molar-refractivity contribution in [3.05, 3.63) is 66.7 Å². The van der Waals surface area contributed by atoms with Crippen LogP contribution in [0.3, 0.4) is 0 Å². The molecule has 0 amide bonds. The monoisotopic (exact) mass is 264 g/mol. The Balaban J connectivity index is 0.000000267. The summed E-state index contributed by atoms with van der Waals surface area (Å²) in [6, 6.07) is 10.0. The van der Waals surface area contributed by atoms with Crippen molar-refractivity contribution in [2.45, 2.75) is 0 Å². The number of cyclic esters (lactones) is 2. The first-order valence-electron chi connectivity index (χ1n) is 4.96. The van der Waals surface area contributed by atoms with Crippen LogP contribution in [0.15, 0.2) is 61.2 Å². The Kier molecular flexibility index (Phi) is 8.86. The van der Waals surface area contributed by atoms with Crippen molar-refractivity contribution in [2.24, 2.45) is 0 Å². The second-order valence-electron chi connectivity index (χ2n) is 2.84. The van der Waals surface area contributed by atoms with Crippen molar-refractivity contribution in [1.29, 1.82) is 0 Å². The molecular formula is C14H13ClO3. The molecule has 0 N–H and O–H groups in total. The number of halogens is 1. The molecule has 1 aliphatic heterocycles. The molecule has 1 aromatic rings. The van der Waals surface area contributed by atoms with E-state index in [1.54, 1.807) is 0 Å². The SMILES string of the molecule is C=CCl.C=Cc1ccccc1.O=C1C=CC(=O)O1. The standard InChI is InChI=1S/C8H8.C4H2O3.C2H3Cl/c1-2-8-6-4-3-5-7-8;5-3-1-2-4(6)7-3;1-2-3/h2-7H,1H2;1-2H;2H,1H2. The van der Waals surface area contributed by atoms with Gasteiger partial charge >= 0.3 is 11.9 Å². The van der Waals surface area contributed by atoms with Gasteiger partial charge in [0.25, 0.3) is 0 Å². The van der Waals surface area contributed by atoms with E-state index in [0.29, 0.717) is 0 Å². The van der Waals surface area contributed by atoms with Crippen LogP contribution in [0.4, 0.5) is 0 Å². The molecule has 0 bridgehead atoms. The highest BCUT2D eigenvalue weighted by Gasteiger charge is 2.10. The maximum absolute atomic E-state index is 9.92. The van der Waals surface area contributed by atoms with Crippen molar-refractivity contribution >= 4 is 29.6 Å². The molecule has 94 valence electrons. The van der Waals surface area contributed by atoms with Crippen LogP contribution in [-0.2, 0) is 14.3 Å². The Morgan fingerprint density at radius 3 is 1.67 bits per heavy atom. The average molecular weight is 265 g/mol. The molecule has 0 saturated carbocycles. The molecule has 0 atom stereocenters. The molecule has 0 saturated heterocycles. The molecule has 0 unspecified atom stereocenters. The van der Waals surface area contributed by atoms with E-state index < -0.39 is 11.9 Å². The van der Waals surface area contributed by atoms with Gasteiger partial charge in [0, 0.05) is 12.2 Å². The summed E-state index contributed by atoms with van der Waals surface area (Å²) >= 11 is 4.76.